The SMILES string of the molecule is NC1(c2cscn2)CCOC1. The van der Waals surface area contributed by atoms with Gasteiger partial charge < -0.3 is 10.5 Å². The Balaban J connectivity index is 2.27. The molecule has 0 spiro atoms. The van der Waals surface area contributed by atoms with Gasteiger partial charge in [-0.3, -0.25) is 0 Å². The third kappa shape index (κ3) is 1.17. The monoisotopic (exact) mass is 170 g/mol. The summed E-state index contributed by atoms with van der Waals surface area (Å²) in [6.45, 7) is 1.37. The highest BCUT2D eigenvalue weighted by molar-refractivity contribution is 7.07. The minimum absolute atomic E-state index is 0.306. The second-order valence-corrected chi connectivity index (χ2v) is 3.55. The van der Waals surface area contributed by atoms with Gasteiger partial charge in [0.1, 0.15) is 0 Å². The Kier molecular flexibility index (Phi) is 1.67. The Morgan fingerprint density at radius 2 is 2.64 bits per heavy atom. The van der Waals surface area contributed by atoms with Gasteiger partial charge in [0.25, 0.3) is 0 Å². The summed E-state index contributed by atoms with van der Waals surface area (Å²) in [6.07, 6.45) is 0.886. The number of hydrogen-bond acceptors (Lipinski definition) is 4. The zero-order chi connectivity index (χ0) is 7.73. The average molecular weight is 170 g/mol. The summed E-state index contributed by atoms with van der Waals surface area (Å²) in [6, 6.07) is 0. The molecule has 0 aromatic carbocycles. The highest BCUT2D eigenvalue weighted by Gasteiger charge is 2.33. The molecular formula is C7H10N2OS. The highest BCUT2D eigenvalue weighted by Crippen LogP contribution is 2.26. The molecule has 3 nitrogen and oxygen atoms in total. The third-order valence-electron chi connectivity index (χ3n) is 1.99. The third-order valence-corrected chi connectivity index (χ3v) is 2.58. The van der Waals surface area contributed by atoms with E-state index in [1.54, 1.807) is 11.3 Å². The summed E-state index contributed by atoms with van der Waals surface area (Å²) >= 11 is 1.58. The van der Waals surface area contributed by atoms with E-state index in [-0.39, 0.29) is 5.54 Å². The van der Waals surface area contributed by atoms with E-state index >= 15 is 0 Å². The first-order valence-corrected chi connectivity index (χ1v) is 4.51. The summed E-state index contributed by atoms with van der Waals surface area (Å²) in [5.74, 6) is 0. The standard InChI is InChI=1S/C7H10N2OS/c8-7(1-2-10-4-7)6-3-11-5-9-6/h3,5H,1-2,4,8H2. The van der Waals surface area contributed by atoms with Crippen molar-refractivity contribution in [1.82, 2.24) is 4.98 Å². The van der Waals surface area contributed by atoms with Crippen molar-refractivity contribution in [2.45, 2.75) is 12.0 Å². The maximum Gasteiger partial charge on any atom is 0.0850 e. The van der Waals surface area contributed by atoms with E-state index in [2.05, 4.69) is 4.98 Å². The summed E-state index contributed by atoms with van der Waals surface area (Å²) < 4.78 is 5.22. The lowest BCUT2D eigenvalue weighted by Gasteiger charge is -2.18. The van der Waals surface area contributed by atoms with Crippen LogP contribution in [-0.4, -0.2) is 18.2 Å². The molecule has 1 aromatic heterocycles. The van der Waals surface area contributed by atoms with Crippen LogP contribution >= 0.6 is 11.3 Å². The van der Waals surface area contributed by atoms with Gasteiger partial charge >= 0.3 is 0 Å². The van der Waals surface area contributed by atoms with Gasteiger partial charge in [0, 0.05) is 12.0 Å². The van der Waals surface area contributed by atoms with Crippen LogP contribution in [0.5, 0.6) is 0 Å². The first-order chi connectivity index (χ1) is 5.31. The maximum atomic E-state index is 6.04. The molecule has 0 amide bonds. The molecule has 0 saturated carbocycles. The molecule has 1 atom stereocenters. The number of rotatable bonds is 1. The van der Waals surface area contributed by atoms with E-state index in [1.165, 1.54) is 0 Å². The molecular weight excluding hydrogens is 160 g/mol. The fraction of sp³-hybridized carbons (Fsp3) is 0.571. The van der Waals surface area contributed by atoms with E-state index in [1.807, 2.05) is 10.9 Å². The summed E-state index contributed by atoms with van der Waals surface area (Å²) in [4.78, 5) is 4.18. The van der Waals surface area contributed by atoms with Crippen molar-refractivity contribution in [3.05, 3.63) is 16.6 Å². The molecule has 11 heavy (non-hydrogen) atoms. The number of nitrogens with zero attached hydrogens (tertiary/aromatic N) is 1. The van der Waals surface area contributed by atoms with Crippen LogP contribution in [0.25, 0.3) is 0 Å². The minimum atomic E-state index is -0.306. The predicted molar refractivity (Wildman–Crippen MR) is 43.4 cm³/mol. The van der Waals surface area contributed by atoms with Crippen LogP contribution in [-0.2, 0) is 10.3 Å². The molecule has 60 valence electrons. The predicted octanol–water partition coefficient (Wildman–Crippen LogP) is 0.717. The quantitative estimate of drug-likeness (QED) is 0.675. The topological polar surface area (TPSA) is 48.1 Å². The van der Waals surface area contributed by atoms with Crippen molar-refractivity contribution in [2.75, 3.05) is 13.2 Å². The van der Waals surface area contributed by atoms with E-state index in [0.717, 1.165) is 18.7 Å². The number of thiazole rings is 1. The second-order valence-electron chi connectivity index (χ2n) is 2.83. The Labute approximate surface area is 69.2 Å². The fourth-order valence-corrected chi connectivity index (χ4v) is 1.90. The number of ether oxygens (including phenoxy) is 1. The van der Waals surface area contributed by atoms with Crippen LogP contribution in [0.15, 0.2) is 10.9 Å². The first kappa shape index (κ1) is 7.21. The lowest BCUT2D eigenvalue weighted by molar-refractivity contribution is 0.177. The second kappa shape index (κ2) is 2.55. The molecule has 0 bridgehead atoms. The van der Waals surface area contributed by atoms with Gasteiger partial charge in [0.2, 0.25) is 0 Å². The van der Waals surface area contributed by atoms with E-state index in [9.17, 15) is 0 Å². The van der Waals surface area contributed by atoms with Crippen molar-refractivity contribution >= 4 is 11.3 Å². The summed E-state index contributed by atoms with van der Waals surface area (Å²) in [5, 5.41) is 1.99. The van der Waals surface area contributed by atoms with Crippen molar-refractivity contribution in [3.63, 3.8) is 0 Å². The lowest BCUT2D eigenvalue weighted by atomic mass is 9.97. The Bertz CT molecular complexity index is 229. The van der Waals surface area contributed by atoms with E-state index in [4.69, 9.17) is 10.5 Å². The molecule has 1 aliphatic rings. The van der Waals surface area contributed by atoms with Crippen LogP contribution < -0.4 is 5.73 Å². The molecule has 4 heteroatoms. The van der Waals surface area contributed by atoms with Gasteiger partial charge in [-0.05, 0) is 6.42 Å². The van der Waals surface area contributed by atoms with Crippen molar-refractivity contribution in [2.24, 2.45) is 5.73 Å². The molecule has 0 aliphatic carbocycles. The van der Waals surface area contributed by atoms with Crippen LogP contribution in [0.1, 0.15) is 12.1 Å². The van der Waals surface area contributed by atoms with E-state index in [0.29, 0.717) is 6.61 Å². The first-order valence-electron chi connectivity index (χ1n) is 3.57. The molecule has 2 heterocycles. The number of hydrogen-bond donors (Lipinski definition) is 1. The van der Waals surface area contributed by atoms with Crippen molar-refractivity contribution in [3.8, 4) is 0 Å². The Hall–Kier alpha value is -0.450. The molecule has 1 aromatic rings. The molecule has 1 unspecified atom stereocenters. The lowest BCUT2D eigenvalue weighted by Crippen LogP contribution is -2.37. The van der Waals surface area contributed by atoms with Crippen LogP contribution in [0, 0.1) is 0 Å². The molecule has 1 aliphatic heterocycles. The molecule has 1 fully saturated rings. The van der Waals surface area contributed by atoms with Crippen LogP contribution in [0.4, 0.5) is 0 Å². The number of nitrogens with two attached hydrogens (primary N) is 1. The van der Waals surface area contributed by atoms with Crippen molar-refractivity contribution < 1.29 is 4.74 Å². The van der Waals surface area contributed by atoms with Crippen LogP contribution in [0.3, 0.4) is 0 Å². The number of aromatic nitrogens is 1. The van der Waals surface area contributed by atoms with Gasteiger partial charge in [0.05, 0.1) is 23.4 Å². The largest absolute Gasteiger partial charge is 0.379 e. The van der Waals surface area contributed by atoms with Gasteiger partial charge in [-0.15, -0.1) is 11.3 Å². The average Bonchev–Trinajstić information content (AvgIpc) is 2.55. The summed E-state index contributed by atoms with van der Waals surface area (Å²) in [7, 11) is 0. The Morgan fingerprint density at radius 3 is 3.18 bits per heavy atom. The highest BCUT2D eigenvalue weighted by atomic mass is 32.1. The zero-order valence-corrected chi connectivity index (χ0v) is 6.93. The van der Waals surface area contributed by atoms with Gasteiger partial charge in [-0.25, -0.2) is 4.98 Å². The van der Waals surface area contributed by atoms with Crippen molar-refractivity contribution in [1.29, 1.82) is 0 Å². The molecule has 1 saturated heterocycles. The van der Waals surface area contributed by atoms with E-state index < -0.39 is 0 Å². The Morgan fingerprint density at radius 1 is 1.73 bits per heavy atom. The van der Waals surface area contributed by atoms with Gasteiger partial charge in [0.15, 0.2) is 0 Å². The smallest absolute Gasteiger partial charge is 0.0850 e. The summed E-state index contributed by atoms with van der Waals surface area (Å²) in [5.41, 5.74) is 8.52. The molecule has 2 N–H and O–H groups in total. The molecule has 0 radical (unpaired) electrons. The normalized spacial score (nSPS) is 31.0. The minimum Gasteiger partial charge on any atom is -0.379 e. The fourth-order valence-electron chi connectivity index (χ4n) is 1.24. The van der Waals surface area contributed by atoms with Gasteiger partial charge in [-0.1, -0.05) is 0 Å². The maximum absolute atomic E-state index is 6.04. The molecule has 2 rings (SSSR count). The van der Waals surface area contributed by atoms with Crippen LogP contribution in [0.2, 0.25) is 0 Å². The zero-order valence-electron chi connectivity index (χ0n) is 6.12. The van der Waals surface area contributed by atoms with Gasteiger partial charge in [-0.2, -0.15) is 0 Å².